The van der Waals surface area contributed by atoms with Gasteiger partial charge in [-0.1, -0.05) is 58.0 Å². The van der Waals surface area contributed by atoms with Crippen molar-refractivity contribution >= 4 is 5.91 Å². The average molecular weight is 301 g/mol. The monoisotopic (exact) mass is 301 g/mol. The topological polar surface area (TPSA) is 64.9 Å². The molecule has 22 heavy (non-hydrogen) atoms. The molecule has 0 fully saturated rings. The smallest absolute Gasteiger partial charge is 0.235 e. The van der Waals surface area contributed by atoms with Crippen molar-refractivity contribution in [2.24, 2.45) is 11.8 Å². The average Bonchev–Trinajstić information content (AvgIpc) is 2.47. The van der Waals surface area contributed by atoms with Crippen LogP contribution in [0.1, 0.15) is 46.2 Å². The van der Waals surface area contributed by atoms with Crippen molar-refractivity contribution in [1.82, 2.24) is 10.6 Å². The lowest BCUT2D eigenvalue weighted by atomic mass is 9.90. The van der Waals surface area contributed by atoms with Crippen molar-refractivity contribution in [2.45, 2.75) is 46.2 Å². The fourth-order valence-corrected chi connectivity index (χ4v) is 2.24. The zero-order valence-electron chi connectivity index (χ0n) is 14.2. The highest BCUT2D eigenvalue weighted by atomic mass is 16.2. The number of nitrogens with one attached hydrogen (secondary N) is 2. The second-order valence-corrected chi connectivity index (χ2v) is 6.53. The Morgan fingerprint density at radius 3 is 2.27 bits per heavy atom. The lowest BCUT2D eigenvalue weighted by Gasteiger charge is -2.28. The minimum absolute atomic E-state index is 0.0523. The van der Waals surface area contributed by atoms with Crippen LogP contribution in [0.3, 0.4) is 0 Å². The number of nitriles is 1. The van der Waals surface area contributed by atoms with Gasteiger partial charge in [-0.05, 0) is 24.3 Å². The molecule has 0 aliphatic rings. The van der Waals surface area contributed by atoms with Gasteiger partial charge in [0.05, 0.1) is 12.6 Å². The Morgan fingerprint density at radius 1 is 1.23 bits per heavy atom. The van der Waals surface area contributed by atoms with Crippen molar-refractivity contribution in [1.29, 1.82) is 5.26 Å². The maximum Gasteiger partial charge on any atom is 0.235 e. The van der Waals surface area contributed by atoms with Crippen LogP contribution in [0.2, 0.25) is 0 Å². The van der Waals surface area contributed by atoms with E-state index in [9.17, 15) is 10.1 Å². The van der Waals surface area contributed by atoms with E-state index in [0.29, 0.717) is 5.92 Å². The van der Waals surface area contributed by atoms with Crippen LogP contribution in [0.25, 0.3) is 0 Å². The van der Waals surface area contributed by atoms with Crippen LogP contribution >= 0.6 is 0 Å². The molecule has 0 aromatic heterocycles. The zero-order chi connectivity index (χ0) is 16.8. The molecule has 2 N–H and O–H groups in total. The number of hydrogen-bond donors (Lipinski definition) is 2. The Bertz CT molecular complexity index is 519. The van der Waals surface area contributed by atoms with Crippen LogP contribution in [0.15, 0.2) is 30.3 Å². The number of rotatable bonds is 7. The van der Waals surface area contributed by atoms with Crippen molar-refractivity contribution in [3.8, 4) is 6.07 Å². The number of benzene rings is 1. The summed E-state index contributed by atoms with van der Waals surface area (Å²) in [6, 6.07) is 12.4. The van der Waals surface area contributed by atoms with Gasteiger partial charge in [0, 0.05) is 6.04 Å². The summed E-state index contributed by atoms with van der Waals surface area (Å²) in [7, 11) is 0. The molecule has 4 nitrogen and oxygen atoms in total. The van der Waals surface area contributed by atoms with E-state index in [-0.39, 0.29) is 24.4 Å². The Labute approximate surface area is 133 Å². The summed E-state index contributed by atoms with van der Waals surface area (Å²) in [4.78, 5) is 12.2. The molecule has 1 aromatic rings. The molecule has 0 unspecified atom stereocenters. The molecular weight excluding hydrogens is 274 g/mol. The molecule has 2 atom stereocenters. The normalized spacial score (nSPS) is 15.2. The molecule has 1 amide bonds. The van der Waals surface area contributed by atoms with Gasteiger partial charge >= 0.3 is 0 Å². The highest BCUT2D eigenvalue weighted by Crippen LogP contribution is 2.21. The lowest BCUT2D eigenvalue weighted by Crippen LogP contribution is -2.51. The van der Waals surface area contributed by atoms with Crippen molar-refractivity contribution in [3.63, 3.8) is 0 Å². The maximum absolute atomic E-state index is 12.2. The molecule has 0 saturated heterocycles. The first kappa shape index (κ1) is 18.2. The molecule has 0 spiro atoms. The molecule has 0 saturated carbocycles. The van der Waals surface area contributed by atoms with Crippen LogP contribution < -0.4 is 10.6 Å². The minimum Gasteiger partial charge on any atom is -0.337 e. The van der Waals surface area contributed by atoms with E-state index in [1.807, 2.05) is 32.0 Å². The summed E-state index contributed by atoms with van der Waals surface area (Å²) in [5.74, 6) is 0.262. The Morgan fingerprint density at radius 2 is 1.82 bits per heavy atom. The van der Waals surface area contributed by atoms with Crippen molar-refractivity contribution in [3.05, 3.63) is 35.9 Å². The second kappa shape index (κ2) is 7.95. The van der Waals surface area contributed by atoms with Gasteiger partial charge in [0.1, 0.15) is 5.54 Å². The number of hydrogen-bond acceptors (Lipinski definition) is 3. The number of carbonyl (C=O) groups excluding carboxylic acids is 1. The summed E-state index contributed by atoms with van der Waals surface area (Å²) >= 11 is 0. The first-order valence-electron chi connectivity index (χ1n) is 7.80. The van der Waals surface area contributed by atoms with E-state index < -0.39 is 5.54 Å². The number of nitrogens with zero attached hydrogens (tertiary/aromatic N) is 1. The predicted octanol–water partition coefficient (Wildman–Crippen LogP) is 3.03. The largest absolute Gasteiger partial charge is 0.337 e. The first-order chi connectivity index (χ1) is 10.3. The van der Waals surface area contributed by atoms with E-state index in [1.165, 1.54) is 0 Å². The number of amides is 1. The molecule has 120 valence electrons. The molecule has 0 heterocycles. The Hall–Kier alpha value is -1.86. The van der Waals surface area contributed by atoms with E-state index in [2.05, 4.69) is 42.7 Å². The summed E-state index contributed by atoms with van der Waals surface area (Å²) in [5, 5.41) is 15.4. The predicted molar refractivity (Wildman–Crippen MR) is 89.0 cm³/mol. The van der Waals surface area contributed by atoms with Gasteiger partial charge in [-0.15, -0.1) is 0 Å². The summed E-state index contributed by atoms with van der Waals surface area (Å²) in [6.45, 7) is 10.1. The molecule has 0 radical (unpaired) electrons. The van der Waals surface area contributed by atoms with Crippen molar-refractivity contribution in [2.75, 3.05) is 6.54 Å². The van der Waals surface area contributed by atoms with Gasteiger partial charge in [-0.3, -0.25) is 4.79 Å². The van der Waals surface area contributed by atoms with Crippen LogP contribution in [0.4, 0.5) is 0 Å². The first-order valence-corrected chi connectivity index (χ1v) is 7.80. The van der Waals surface area contributed by atoms with Gasteiger partial charge in [0.15, 0.2) is 0 Å². The Balaban J connectivity index is 2.67. The fourth-order valence-electron chi connectivity index (χ4n) is 2.24. The molecule has 0 aliphatic carbocycles. The highest BCUT2D eigenvalue weighted by molar-refractivity contribution is 5.79. The third-order valence-electron chi connectivity index (χ3n) is 4.09. The SMILES string of the molecule is CC(C)[C@@H](NCC(=O)N[C@@](C)(C#N)C(C)C)c1ccccc1. The highest BCUT2D eigenvalue weighted by Gasteiger charge is 2.30. The molecular formula is C18H27N3O. The number of carbonyl (C=O) groups is 1. The van der Waals surface area contributed by atoms with Crippen LogP contribution in [0, 0.1) is 23.2 Å². The third kappa shape index (κ3) is 4.85. The maximum atomic E-state index is 12.2. The van der Waals surface area contributed by atoms with Gasteiger partial charge in [-0.2, -0.15) is 5.26 Å². The van der Waals surface area contributed by atoms with Gasteiger partial charge in [0.25, 0.3) is 0 Å². The third-order valence-corrected chi connectivity index (χ3v) is 4.09. The summed E-state index contributed by atoms with van der Waals surface area (Å²) in [5.41, 5.74) is 0.330. The Kier molecular flexibility index (Phi) is 6.58. The summed E-state index contributed by atoms with van der Waals surface area (Å²) < 4.78 is 0. The van der Waals surface area contributed by atoms with Crippen LogP contribution in [0.5, 0.6) is 0 Å². The van der Waals surface area contributed by atoms with Crippen molar-refractivity contribution < 1.29 is 4.79 Å². The molecule has 0 aliphatic heterocycles. The lowest BCUT2D eigenvalue weighted by molar-refractivity contribution is -0.122. The summed E-state index contributed by atoms with van der Waals surface area (Å²) in [6.07, 6.45) is 0. The standard InChI is InChI=1S/C18H27N3O/c1-13(2)17(15-9-7-6-8-10-15)20-11-16(22)21-18(5,12-19)14(3)4/h6-10,13-14,17,20H,11H2,1-5H3,(H,21,22)/t17-,18+/m1/s1. The fraction of sp³-hybridized carbons (Fsp3) is 0.556. The van der Waals surface area contributed by atoms with Gasteiger partial charge in [-0.25, -0.2) is 0 Å². The minimum atomic E-state index is -0.834. The van der Waals surface area contributed by atoms with Crippen LogP contribution in [-0.4, -0.2) is 18.0 Å². The quantitative estimate of drug-likeness (QED) is 0.813. The van der Waals surface area contributed by atoms with Crippen LogP contribution in [-0.2, 0) is 4.79 Å². The zero-order valence-corrected chi connectivity index (χ0v) is 14.2. The van der Waals surface area contributed by atoms with E-state index in [1.54, 1.807) is 6.92 Å². The van der Waals surface area contributed by atoms with Gasteiger partial charge < -0.3 is 10.6 Å². The van der Waals surface area contributed by atoms with E-state index in [4.69, 9.17) is 0 Å². The second-order valence-electron chi connectivity index (χ2n) is 6.53. The molecule has 1 rings (SSSR count). The van der Waals surface area contributed by atoms with Gasteiger partial charge in [0.2, 0.25) is 5.91 Å². The van der Waals surface area contributed by atoms with E-state index >= 15 is 0 Å². The molecule has 1 aromatic carbocycles. The molecule has 0 bridgehead atoms. The van der Waals surface area contributed by atoms with E-state index in [0.717, 1.165) is 5.56 Å². The molecule has 4 heteroatoms.